The number of rotatable bonds is 4. The number of carbonyl (C=O) groups is 1. The first kappa shape index (κ1) is 14.1. The molecule has 0 saturated carbocycles. The first-order valence-corrected chi connectivity index (χ1v) is 7.04. The van der Waals surface area contributed by atoms with E-state index >= 15 is 0 Å². The Morgan fingerprint density at radius 1 is 1.18 bits per heavy atom. The molecule has 2 aromatic heterocycles. The van der Waals surface area contributed by atoms with Crippen LogP contribution in [0.1, 0.15) is 22.8 Å². The summed E-state index contributed by atoms with van der Waals surface area (Å²) >= 11 is 0. The maximum absolute atomic E-state index is 12.3. The summed E-state index contributed by atoms with van der Waals surface area (Å²) in [7, 11) is 0. The van der Waals surface area contributed by atoms with E-state index < -0.39 is 0 Å². The highest BCUT2D eigenvalue weighted by atomic mass is 16.5. The quantitative estimate of drug-likeness (QED) is 0.803. The van der Waals surface area contributed by atoms with E-state index in [1.54, 1.807) is 28.7 Å². The van der Waals surface area contributed by atoms with Gasteiger partial charge in [-0.2, -0.15) is 0 Å². The van der Waals surface area contributed by atoms with Gasteiger partial charge in [-0.15, -0.1) is 10.2 Å². The van der Waals surface area contributed by atoms with E-state index in [-0.39, 0.29) is 5.91 Å². The van der Waals surface area contributed by atoms with Gasteiger partial charge < -0.3 is 4.74 Å². The van der Waals surface area contributed by atoms with E-state index in [2.05, 4.69) is 15.5 Å². The molecular formula is C16H16N4O2. The number of hydrogen-bond acceptors (Lipinski definition) is 4. The molecule has 0 fully saturated rings. The van der Waals surface area contributed by atoms with E-state index in [9.17, 15) is 4.79 Å². The van der Waals surface area contributed by atoms with Gasteiger partial charge in [0.05, 0.1) is 6.61 Å². The van der Waals surface area contributed by atoms with Gasteiger partial charge in [0.1, 0.15) is 0 Å². The molecule has 0 unspecified atom stereocenters. The third kappa shape index (κ3) is 2.63. The molecule has 0 saturated heterocycles. The highest BCUT2D eigenvalue weighted by Crippen LogP contribution is 2.19. The van der Waals surface area contributed by atoms with Gasteiger partial charge in [-0.1, -0.05) is 23.8 Å². The Balaban J connectivity index is 1.93. The Morgan fingerprint density at radius 2 is 1.95 bits per heavy atom. The van der Waals surface area contributed by atoms with Gasteiger partial charge in [-0.3, -0.25) is 10.1 Å². The van der Waals surface area contributed by atoms with Crippen molar-refractivity contribution in [2.45, 2.75) is 13.8 Å². The molecule has 2 heterocycles. The number of ether oxygens (including phenoxy) is 1. The van der Waals surface area contributed by atoms with Crippen molar-refractivity contribution in [1.29, 1.82) is 0 Å². The molecule has 0 aliphatic carbocycles. The standard InChI is InChI=1S/C16H16N4O2/c1-3-22-14-6-4-5-13-18-19-16(20(13)14)17-15(21)12-9-7-11(2)8-10-12/h4-10H,3H2,1-2H3,(H,17,19,21). The molecule has 0 spiro atoms. The highest BCUT2D eigenvalue weighted by Gasteiger charge is 2.13. The van der Waals surface area contributed by atoms with E-state index in [1.807, 2.05) is 32.0 Å². The Bertz CT molecular complexity index is 809. The molecule has 1 aromatic carbocycles. The average molecular weight is 296 g/mol. The zero-order chi connectivity index (χ0) is 15.5. The normalized spacial score (nSPS) is 10.6. The lowest BCUT2D eigenvalue weighted by molar-refractivity contribution is 0.102. The molecule has 0 bridgehead atoms. The van der Waals surface area contributed by atoms with Crippen LogP contribution in [0.5, 0.6) is 5.88 Å². The van der Waals surface area contributed by atoms with Crippen molar-refractivity contribution in [3.05, 3.63) is 53.6 Å². The fourth-order valence-corrected chi connectivity index (χ4v) is 2.13. The number of pyridine rings is 1. The van der Waals surface area contributed by atoms with Crippen LogP contribution in [0.25, 0.3) is 5.65 Å². The number of hydrogen-bond donors (Lipinski definition) is 1. The maximum Gasteiger partial charge on any atom is 0.258 e. The zero-order valence-corrected chi connectivity index (χ0v) is 12.4. The van der Waals surface area contributed by atoms with Crippen LogP contribution >= 0.6 is 0 Å². The van der Waals surface area contributed by atoms with Crippen LogP contribution in [-0.4, -0.2) is 27.1 Å². The fraction of sp³-hybridized carbons (Fsp3) is 0.188. The number of benzene rings is 1. The van der Waals surface area contributed by atoms with Gasteiger partial charge in [0, 0.05) is 5.56 Å². The van der Waals surface area contributed by atoms with Crippen molar-refractivity contribution in [3.8, 4) is 5.88 Å². The van der Waals surface area contributed by atoms with Crippen molar-refractivity contribution in [2.75, 3.05) is 11.9 Å². The maximum atomic E-state index is 12.3. The molecular weight excluding hydrogens is 280 g/mol. The van der Waals surface area contributed by atoms with Crippen LogP contribution in [0.2, 0.25) is 0 Å². The van der Waals surface area contributed by atoms with E-state index in [4.69, 9.17) is 4.74 Å². The van der Waals surface area contributed by atoms with Crippen LogP contribution in [-0.2, 0) is 0 Å². The Morgan fingerprint density at radius 3 is 2.68 bits per heavy atom. The Kier molecular flexibility index (Phi) is 3.74. The summed E-state index contributed by atoms with van der Waals surface area (Å²) < 4.78 is 7.23. The van der Waals surface area contributed by atoms with Gasteiger partial charge in [-0.25, -0.2) is 4.40 Å². The van der Waals surface area contributed by atoms with E-state index in [0.717, 1.165) is 5.56 Å². The minimum absolute atomic E-state index is 0.236. The first-order chi connectivity index (χ1) is 10.7. The lowest BCUT2D eigenvalue weighted by Gasteiger charge is -2.08. The predicted octanol–water partition coefficient (Wildman–Crippen LogP) is 2.69. The van der Waals surface area contributed by atoms with Crippen LogP contribution in [0.3, 0.4) is 0 Å². The minimum atomic E-state index is -0.236. The first-order valence-electron chi connectivity index (χ1n) is 7.04. The zero-order valence-electron chi connectivity index (χ0n) is 12.4. The van der Waals surface area contributed by atoms with Crippen molar-refractivity contribution >= 4 is 17.5 Å². The molecule has 0 atom stereocenters. The largest absolute Gasteiger partial charge is 0.479 e. The summed E-state index contributed by atoms with van der Waals surface area (Å²) in [6.45, 7) is 4.39. The number of nitrogens with zero attached hydrogens (tertiary/aromatic N) is 3. The van der Waals surface area contributed by atoms with Crippen LogP contribution < -0.4 is 10.1 Å². The molecule has 3 aromatic rings. The van der Waals surface area contributed by atoms with Crippen molar-refractivity contribution in [3.63, 3.8) is 0 Å². The van der Waals surface area contributed by atoms with Crippen LogP contribution in [0.15, 0.2) is 42.5 Å². The number of amides is 1. The Hall–Kier alpha value is -2.89. The van der Waals surface area contributed by atoms with Crippen molar-refractivity contribution in [2.24, 2.45) is 0 Å². The highest BCUT2D eigenvalue weighted by molar-refractivity contribution is 6.03. The number of carbonyl (C=O) groups excluding carboxylic acids is 1. The SMILES string of the molecule is CCOc1cccc2nnc(NC(=O)c3ccc(C)cc3)n12. The van der Waals surface area contributed by atoms with Gasteiger partial charge in [0.25, 0.3) is 5.91 Å². The number of fused-ring (bicyclic) bond motifs is 1. The van der Waals surface area contributed by atoms with Gasteiger partial charge >= 0.3 is 0 Å². The smallest absolute Gasteiger partial charge is 0.258 e. The second kappa shape index (κ2) is 5.85. The van der Waals surface area contributed by atoms with Gasteiger partial charge in [-0.05, 0) is 38.1 Å². The number of aryl methyl sites for hydroxylation is 1. The number of anilines is 1. The summed E-state index contributed by atoms with van der Waals surface area (Å²) in [5, 5.41) is 10.8. The third-order valence-corrected chi connectivity index (χ3v) is 3.22. The Labute approximate surface area is 127 Å². The second-order valence-electron chi connectivity index (χ2n) is 4.83. The lowest BCUT2D eigenvalue weighted by Crippen LogP contribution is -2.14. The van der Waals surface area contributed by atoms with Crippen molar-refractivity contribution in [1.82, 2.24) is 14.6 Å². The molecule has 6 heteroatoms. The van der Waals surface area contributed by atoms with E-state index in [1.165, 1.54) is 0 Å². The predicted molar refractivity (Wildman–Crippen MR) is 83.3 cm³/mol. The summed E-state index contributed by atoms with van der Waals surface area (Å²) in [6, 6.07) is 12.8. The molecule has 1 amide bonds. The molecule has 0 aliphatic heterocycles. The molecule has 22 heavy (non-hydrogen) atoms. The molecule has 1 N–H and O–H groups in total. The monoisotopic (exact) mass is 296 g/mol. The third-order valence-electron chi connectivity index (χ3n) is 3.22. The fourth-order valence-electron chi connectivity index (χ4n) is 2.13. The molecule has 112 valence electrons. The molecule has 6 nitrogen and oxygen atoms in total. The van der Waals surface area contributed by atoms with Gasteiger partial charge in [0.2, 0.25) is 11.8 Å². The topological polar surface area (TPSA) is 68.5 Å². The lowest BCUT2D eigenvalue weighted by atomic mass is 10.1. The summed E-state index contributed by atoms with van der Waals surface area (Å²) in [5.41, 5.74) is 2.28. The second-order valence-corrected chi connectivity index (χ2v) is 4.83. The van der Waals surface area contributed by atoms with Gasteiger partial charge in [0.15, 0.2) is 5.65 Å². The summed E-state index contributed by atoms with van der Waals surface area (Å²) in [5.74, 6) is 0.689. The molecule has 3 rings (SSSR count). The average Bonchev–Trinajstić information content (AvgIpc) is 2.92. The molecule has 0 radical (unpaired) electrons. The minimum Gasteiger partial charge on any atom is -0.479 e. The number of nitrogens with one attached hydrogen (secondary N) is 1. The van der Waals surface area contributed by atoms with E-state index in [0.29, 0.717) is 29.6 Å². The molecule has 0 aliphatic rings. The van der Waals surface area contributed by atoms with Crippen molar-refractivity contribution < 1.29 is 9.53 Å². The van der Waals surface area contributed by atoms with Crippen LogP contribution in [0, 0.1) is 6.92 Å². The number of aromatic nitrogens is 3. The van der Waals surface area contributed by atoms with Crippen LogP contribution in [0.4, 0.5) is 5.95 Å². The summed E-state index contributed by atoms with van der Waals surface area (Å²) in [6.07, 6.45) is 0. The summed E-state index contributed by atoms with van der Waals surface area (Å²) in [4.78, 5) is 12.3.